The number of rotatable bonds is 4. The molecular weight excluding hydrogens is 295 g/mol. The molecule has 0 atom stereocenters. The maximum atomic E-state index is 12.2. The van der Waals surface area contributed by atoms with Gasteiger partial charge in [-0.3, -0.25) is 9.18 Å². The average Bonchev–Trinajstić information content (AvgIpc) is 2.91. The first-order valence-electron chi connectivity index (χ1n) is 6.06. The molecule has 0 unspecified atom stereocenters. The lowest BCUT2D eigenvalue weighted by molar-refractivity contribution is 0.532. The Kier molecular flexibility index (Phi) is 3.84. The number of H-pyrrole nitrogens is 1. The van der Waals surface area contributed by atoms with Crippen molar-refractivity contribution >= 4 is 33.3 Å². The number of halogens is 1. The molecule has 0 saturated heterocycles. The Morgan fingerprint density at radius 3 is 2.85 bits per heavy atom. The Morgan fingerprint density at radius 1 is 1.30 bits per heavy atom. The van der Waals surface area contributed by atoms with Gasteiger partial charge in [-0.05, 0) is 11.6 Å². The Labute approximate surface area is 122 Å². The van der Waals surface area contributed by atoms with Gasteiger partial charge in [-0.25, -0.2) is 4.98 Å². The molecule has 0 fully saturated rings. The maximum absolute atomic E-state index is 12.2. The zero-order valence-electron chi connectivity index (χ0n) is 10.4. The highest BCUT2D eigenvalue weighted by Gasteiger charge is 2.10. The third-order valence-corrected chi connectivity index (χ3v) is 4.66. The number of fused-ring (bicyclic) bond motifs is 1. The Bertz CT molecular complexity index is 783. The van der Waals surface area contributed by atoms with E-state index in [9.17, 15) is 9.18 Å². The minimum absolute atomic E-state index is 0.171. The second-order valence-corrected chi connectivity index (χ2v) is 6.22. The molecular formula is C14H11FN2OS2. The first kappa shape index (κ1) is 13.3. The van der Waals surface area contributed by atoms with Gasteiger partial charge in [0.25, 0.3) is 5.56 Å². The molecule has 0 spiro atoms. The molecule has 0 saturated carbocycles. The van der Waals surface area contributed by atoms with E-state index in [4.69, 9.17) is 0 Å². The molecule has 0 radical (unpaired) electrons. The van der Waals surface area contributed by atoms with E-state index in [0.29, 0.717) is 21.1 Å². The number of alkyl halides is 1. The van der Waals surface area contributed by atoms with Gasteiger partial charge < -0.3 is 4.98 Å². The molecule has 0 aliphatic heterocycles. The number of hydrogen-bond donors (Lipinski definition) is 1. The van der Waals surface area contributed by atoms with Crippen molar-refractivity contribution in [2.45, 2.75) is 5.16 Å². The van der Waals surface area contributed by atoms with Gasteiger partial charge in [-0.1, -0.05) is 42.1 Å². The number of nitrogens with one attached hydrogen (secondary N) is 1. The first-order chi connectivity index (χ1) is 9.78. The lowest BCUT2D eigenvalue weighted by Gasteiger charge is -1.97. The second-order valence-electron chi connectivity index (χ2n) is 4.10. The van der Waals surface area contributed by atoms with Crippen LogP contribution >= 0.6 is 23.1 Å². The highest BCUT2D eigenvalue weighted by Crippen LogP contribution is 2.31. The van der Waals surface area contributed by atoms with E-state index >= 15 is 0 Å². The predicted octanol–water partition coefficient (Wildman–Crippen LogP) is 3.71. The summed E-state index contributed by atoms with van der Waals surface area (Å²) in [5, 5.41) is 1.06. The molecule has 0 bridgehead atoms. The van der Waals surface area contributed by atoms with Crippen molar-refractivity contribution < 1.29 is 4.39 Å². The van der Waals surface area contributed by atoms with Gasteiger partial charge in [0.1, 0.15) is 4.83 Å². The van der Waals surface area contributed by atoms with Gasteiger partial charge >= 0.3 is 0 Å². The van der Waals surface area contributed by atoms with E-state index in [-0.39, 0.29) is 5.56 Å². The molecule has 2 heterocycles. The summed E-state index contributed by atoms with van der Waals surface area (Å²) in [5.41, 5.74) is 0.891. The number of aromatic amines is 1. The number of aromatic nitrogens is 2. The average molecular weight is 306 g/mol. The lowest BCUT2D eigenvalue weighted by Crippen LogP contribution is -2.07. The van der Waals surface area contributed by atoms with E-state index in [1.54, 1.807) is 0 Å². The SMILES string of the molecule is O=c1[nH]c(SCCF)nc2sc(-c3ccccc3)cc12. The van der Waals surface area contributed by atoms with Gasteiger partial charge in [0.05, 0.1) is 12.1 Å². The zero-order chi connectivity index (χ0) is 13.9. The van der Waals surface area contributed by atoms with Crippen LogP contribution < -0.4 is 5.56 Å². The van der Waals surface area contributed by atoms with Crippen molar-refractivity contribution in [3.8, 4) is 10.4 Å². The van der Waals surface area contributed by atoms with E-state index < -0.39 is 6.67 Å². The summed E-state index contributed by atoms with van der Waals surface area (Å²) >= 11 is 2.69. The van der Waals surface area contributed by atoms with Gasteiger partial charge in [0.15, 0.2) is 5.16 Å². The van der Waals surface area contributed by atoms with Crippen LogP contribution in [0.3, 0.4) is 0 Å². The molecule has 0 amide bonds. The largest absolute Gasteiger partial charge is 0.301 e. The van der Waals surface area contributed by atoms with Crippen LogP contribution in [0.15, 0.2) is 46.3 Å². The smallest absolute Gasteiger partial charge is 0.260 e. The molecule has 1 N–H and O–H groups in total. The summed E-state index contributed by atoms with van der Waals surface area (Å²) < 4.78 is 12.2. The third kappa shape index (κ3) is 2.62. The van der Waals surface area contributed by atoms with Gasteiger partial charge in [0, 0.05) is 10.6 Å². The molecule has 2 aromatic heterocycles. The summed E-state index contributed by atoms with van der Waals surface area (Å²) in [4.78, 5) is 20.8. The summed E-state index contributed by atoms with van der Waals surface area (Å²) in [7, 11) is 0. The number of thioether (sulfide) groups is 1. The number of nitrogens with zero attached hydrogens (tertiary/aromatic N) is 1. The van der Waals surface area contributed by atoms with Crippen LogP contribution in [-0.4, -0.2) is 22.4 Å². The predicted molar refractivity (Wildman–Crippen MR) is 82.4 cm³/mol. The van der Waals surface area contributed by atoms with E-state index in [1.807, 2.05) is 36.4 Å². The molecule has 0 aliphatic carbocycles. The van der Waals surface area contributed by atoms with Crippen molar-refractivity contribution in [2.24, 2.45) is 0 Å². The molecule has 102 valence electrons. The van der Waals surface area contributed by atoms with Crippen LogP contribution in [0, 0.1) is 0 Å². The summed E-state index contributed by atoms with van der Waals surface area (Å²) in [5.74, 6) is 0.297. The Morgan fingerprint density at radius 2 is 2.10 bits per heavy atom. The quantitative estimate of drug-likeness (QED) is 0.590. The first-order valence-corrected chi connectivity index (χ1v) is 7.86. The lowest BCUT2D eigenvalue weighted by atomic mass is 10.2. The zero-order valence-corrected chi connectivity index (χ0v) is 12.1. The van der Waals surface area contributed by atoms with Crippen molar-refractivity contribution in [1.29, 1.82) is 0 Å². The summed E-state index contributed by atoms with van der Waals surface area (Å²) in [6.07, 6.45) is 0. The third-order valence-electron chi connectivity index (χ3n) is 2.75. The van der Waals surface area contributed by atoms with E-state index in [2.05, 4.69) is 9.97 Å². The van der Waals surface area contributed by atoms with Gasteiger partial charge in [-0.15, -0.1) is 11.3 Å². The molecule has 1 aromatic carbocycles. The number of thiophene rings is 1. The molecule has 3 rings (SSSR count). The van der Waals surface area contributed by atoms with Crippen molar-refractivity contribution in [3.05, 3.63) is 46.8 Å². The Hall–Kier alpha value is -1.66. The monoisotopic (exact) mass is 306 g/mol. The van der Waals surface area contributed by atoms with E-state index in [1.165, 1.54) is 23.1 Å². The van der Waals surface area contributed by atoms with Crippen molar-refractivity contribution in [3.63, 3.8) is 0 Å². The molecule has 20 heavy (non-hydrogen) atoms. The van der Waals surface area contributed by atoms with Crippen molar-refractivity contribution in [2.75, 3.05) is 12.4 Å². The standard InChI is InChI=1S/C14H11FN2OS2/c15-6-7-19-14-16-12(18)10-8-11(20-13(10)17-14)9-4-2-1-3-5-9/h1-5,8H,6-7H2,(H,16,17,18). The molecule has 6 heteroatoms. The van der Waals surface area contributed by atoms with Crippen LogP contribution in [0.2, 0.25) is 0 Å². The van der Waals surface area contributed by atoms with Crippen LogP contribution in [0.4, 0.5) is 4.39 Å². The van der Waals surface area contributed by atoms with Gasteiger partial charge in [-0.2, -0.15) is 0 Å². The topological polar surface area (TPSA) is 45.8 Å². The second kappa shape index (κ2) is 5.76. The van der Waals surface area contributed by atoms with Crippen LogP contribution in [0.1, 0.15) is 0 Å². The van der Waals surface area contributed by atoms with Crippen LogP contribution in [-0.2, 0) is 0 Å². The fourth-order valence-electron chi connectivity index (χ4n) is 1.86. The molecule has 3 aromatic rings. The van der Waals surface area contributed by atoms with Crippen LogP contribution in [0.5, 0.6) is 0 Å². The minimum atomic E-state index is -0.438. The molecule has 0 aliphatic rings. The maximum Gasteiger partial charge on any atom is 0.260 e. The normalized spacial score (nSPS) is 11.1. The summed E-state index contributed by atoms with van der Waals surface area (Å²) in [6.45, 7) is -0.438. The van der Waals surface area contributed by atoms with Crippen molar-refractivity contribution in [1.82, 2.24) is 9.97 Å². The fourth-order valence-corrected chi connectivity index (χ4v) is 3.55. The number of benzene rings is 1. The van der Waals surface area contributed by atoms with Crippen LogP contribution in [0.25, 0.3) is 20.7 Å². The summed E-state index contributed by atoms with van der Waals surface area (Å²) in [6, 6.07) is 11.7. The molecule has 3 nitrogen and oxygen atoms in total. The number of hydrogen-bond acceptors (Lipinski definition) is 4. The highest BCUT2D eigenvalue weighted by molar-refractivity contribution is 7.99. The van der Waals surface area contributed by atoms with E-state index in [0.717, 1.165) is 10.4 Å². The fraction of sp³-hybridized carbons (Fsp3) is 0.143. The highest BCUT2D eigenvalue weighted by atomic mass is 32.2. The minimum Gasteiger partial charge on any atom is -0.301 e. The Balaban J connectivity index is 2.07. The van der Waals surface area contributed by atoms with Gasteiger partial charge in [0.2, 0.25) is 0 Å².